The van der Waals surface area contributed by atoms with E-state index in [4.69, 9.17) is 21.4 Å². The third kappa shape index (κ3) is 4.72. The Labute approximate surface area is 129 Å². The van der Waals surface area contributed by atoms with Gasteiger partial charge in [0, 0.05) is 24.6 Å². The number of benzene rings is 1. The molecular weight excluding hydrogens is 290 g/mol. The zero-order valence-corrected chi connectivity index (χ0v) is 12.9. The lowest BCUT2D eigenvalue weighted by molar-refractivity contribution is 0.298. The maximum absolute atomic E-state index is 8.92. The highest BCUT2D eigenvalue weighted by Crippen LogP contribution is 2.15. The Bertz CT molecular complexity index is 555. The minimum absolute atomic E-state index is 0.106. The van der Waals surface area contributed by atoms with E-state index in [0.29, 0.717) is 18.1 Å². The van der Waals surface area contributed by atoms with E-state index in [0.717, 1.165) is 36.5 Å². The molecule has 0 spiro atoms. The van der Waals surface area contributed by atoms with E-state index in [1.165, 1.54) is 0 Å². The Morgan fingerprint density at radius 3 is 2.71 bits per heavy atom. The van der Waals surface area contributed by atoms with Crippen molar-refractivity contribution in [2.75, 3.05) is 13.2 Å². The molecule has 0 bridgehead atoms. The molecule has 2 rings (SSSR count). The monoisotopic (exact) mass is 309 g/mol. The van der Waals surface area contributed by atoms with Gasteiger partial charge in [0.25, 0.3) is 0 Å². The molecule has 2 aromatic rings. The molecule has 0 aliphatic heterocycles. The molecule has 21 heavy (non-hydrogen) atoms. The molecule has 1 heterocycles. The minimum atomic E-state index is 0.106. The van der Waals surface area contributed by atoms with Crippen molar-refractivity contribution in [3.05, 3.63) is 40.7 Å². The molecule has 1 aromatic heterocycles. The van der Waals surface area contributed by atoms with Crippen molar-refractivity contribution in [2.24, 2.45) is 0 Å². The first kappa shape index (κ1) is 15.8. The van der Waals surface area contributed by atoms with Crippen molar-refractivity contribution < 1.29 is 9.84 Å². The van der Waals surface area contributed by atoms with Crippen molar-refractivity contribution in [2.45, 2.75) is 32.7 Å². The van der Waals surface area contributed by atoms with Crippen LogP contribution in [-0.2, 0) is 13.0 Å². The average Bonchev–Trinajstić information content (AvgIpc) is 2.82. The summed E-state index contributed by atoms with van der Waals surface area (Å²) in [5.41, 5.74) is 1.90. The fraction of sp³-hybridized carbons (Fsp3) is 0.467. The number of ether oxygens (including phenoxy) is 1. The van der Waals surface area contributed by atoms with E-state index in [2.05, 4.69) is 10.3 Å². The van der Waals surface area contributed by atoms with Gasteiger partial charge in [-0.05, 0) is 44.0 Å². The molecule has 114 valence electrons. The number of aromatic nitrogens is 3. The van der Waals surface area contributed by atoms with Gasteiger partial charge in [-0.2, -0.15) is 0 Å². The summed E-state index contributed by atoms with van der Waals surface area (Å²) in [5.74, 6) is 0.835. The Kier molecular flexibility index (Phi) is 6.02. The van der Waals surface area contributed by atoms with E-state index in [-0.39, 0.29) is 6.61 Å². The van der Waals surface area contributed by atoms with Gasteiger partial charge < -0.3 is 9.84 Å². The van der Waals surface area contributed by atoms with Crippen LogP contribution in [0.1, 0.15) is 24.2 Å². The number of rotatable bonds is 8. The molecular formula is C15H20ClN3O2. The molecule has 0 saturated carbocycles. The van der Waals surface area contributed by atoms with Crippen LogP contribution in [0, 0.1) is 6.92 Å². The lowest BCUT2D eigenvalue weighted by Gasteiger charge is -2.07. The Balaban J connectivity index is 1.69. The molecule has 0 atom stereocenters. The fourth-order valence-electron chi connectivity index (χ4n) is 2.03. The Hall–Kier alpha value is -1.59. The SMILES string of the molecule is Cc1c(CCO)nnn1CCCCOc1ccc(Cl)cc1. The maximum atomic E-state index is 8.92. The van der Waals surface area contributed by atoms with Gasteiger partial charge in [-0.3, -0.25) is 0 Å². The maximum Gasteiger partial charge on any atom is 0.119 e. The molecule has 1 N–H and O–H groups in total. The van der Waals surface area contributed by atoms with E-state index in [9.17, 15) is 0 Å². The number of halogens is 1. The quantitative estimate of drug-likeness (QED) is 0.762. The van der Waals surface area contributed by atoms with Crippen LogP contribution >= 0.6 is 11.6 Å². The van der Waals surface area contributed by atoms with Crippen molar-refractivity contribution in [1.29, 1.82) is 0 Å². The molecule has 6 heteroatoms. The largest absolute Gasteiger partial charge is 0.494 e. The fourth-order valence-corrected chi connectivity index (χ4v) is 2.16. The highest BCUT2D eigenvalue weighted by Gasteiger charge is 2.07. The first-order valence-electron chi connectivity index (χ1n) is 7.09. The molecule has 0 radical (unpaired) electrons. The number of aliphatic hydroxyl groups excluding tert-OH is 1. The smallest absolute Gasteiger partial charge is 0.119 e. The first-order valence-corrected chi connectivity index (χ1v) is 7.46. The number of hydrogen-bond donors (Lipinski definition) is 1. The van der Waals surface area contributed by atoms with Crippen LogP contribution in [0.3, 0.4) is 0 Å². The Morgan fingerprint density at radius 1 is 1.24 bits per heavy atom. The second-order valence-corrected chi connectivity index (χ2v) is 5.26. The molecule has 0 fully saturated rings. The van der Waals surface area contributed by atoms with Crippen molar-refractivity contribution in [3.8, 4) is 5.75 Å². The standard InChI is InChI=1S/C15H20ClN3O2/c1-12-15(8-10-20)17-18-19(12)9-2-3-11-21-14-6-4-13(16)5-7-14/h4-7,20H,2-3,8-11H2,1H3. The van der Waals surface area contributed by atoms with Gasteiger partial charge in [0.1, 0.15) is 5.75 Å². The highest BCUT2D eigenvalue weighted by molar-refractivity contribution is 6.30. The molecule has 0 aliphatic rings. The van der Waals surface area contributed by atoms with E-state index in [1.807, 2.05) is 35.9 Å². The summed E-state index contributed by atoms with van der Waals surface area (Å²) in [6, 6.07) is 7.37. The summed E-state index contributed by atoms with van der Waals surface area (Å²) in [6.07, 6.45) is 2.47. The summed E-state index contributed by atoms with van der Waals surface area (Å²) >= 11 is 5.82. The van der Waals surface area contributed by atoms with Gasteiger partial charge in [0.15, 0.2) is 0 Å². The third-order valence-corrected chi connectivity index (χ3v) is 3.53. The molecule has 1 aromatic carbocycles. The number of aryl methyl sites for hydroxylation is 1. The van der Waals surface area contributed by atoms with Crippen molar-refractivity contribution in [3.63, 3.8) is 0 Å². The number of hydrogen-bond acceptors (Lipinski definition) is 4. The van der Waals surface area contributed by atoms with Crippen LogP contribution in [0.2, 0.25) is 5.02 Å². The van der Waals surface area contributed by atoms with Gasteiger partial charge in [-0.1, -0.05) is 16.8 Å². The summed E-state index contributed by atoms with van der Waals surface area (Å²) in [4.78, 5) is 0. The zero-order valence-electron chi connectivity index (χ0n) is 12.1. The summed E-state index contributed by atoms with van der Waals surface area (Å²) in [5, 5.41) is 17.8. The van der Waals surface area contributed by atoms with Crippen LogP contribution in [0.25, 0.3) is 0 Å². The zero-order chi connectivity index (χ0) is 15.1. The molecule has 0 aliphatic carbocycles. The van der Waals surface area contributed by atoms with Crippen LogP contribution in [0.15, 0.2) is 24.3 Å². The predicted octanol–water partition coefficient (Wildman–Crippen LogP) is 2.63. The lowest BCUT2D eigenvalue weighted by Crippen LogP contribution is -2.05. The summed E-state index contributed by atoms with van der Waals surface area (Å²) in [6.45, 7) is 3.57. The second-order valence-electron chi connectivity index (χ2n) is 4.83. The van der Waals surface area contributed by atoms with Crippen LogP contribution < -0.4 is 4.74 Å². The lowest BCUT2D eigenvalue weighted by atomic mass is 10.2. The second kappa shape index (κ2) is 8.00. The number of nitrogens with zero attached hydrogens (tertiary/aromatic N) is 3. The third-order valence-electron chi connectivity index (χ3n) is 3.27. The molecule has 0 amide bonds. The predicted molar refractivity (Wildman–Crippen MR) is 81.7 cm³/mol. The van der Waals surface area contributed by atoms with Gasteiger partial charge >= 0.3 is 0 Å². The minimum Gasteiger partial charge on any atom is -0.494 e. The van der Waals surface area contributed by atoms with Crippen molar-refractivity contribution >= 4 is 11.6 Å². The van der Waals surface area contributed by atoms with Gasteiger partial charge in [0.2, 0.25) is 0 Å². The van der Waals surface area contributed by atoms with E-state index in [1.54, 1.807) is 0 Å². The van der Waals surface area contributed by atoms with E-state index >= 15 is 0 Å². The topological polar surface area (TPSA) is 60.2 Å². The number of unbranched alkanes of at least 4 members (excludes halogenated alkanes) is 1. The number of aliphatic hydroxyl groups is 1. The van der Waals surface area contributed by atoms with Crippen LogP contribution in [0.4, 0.5) is 0 Å². The van der Waals surface area contributed by atoms with Crippen molar-refractivity contribution in [1.82, 2.24) is 15.0 Å². The molecule has 0 saturated heterocycles. The van der Waals surface area contributed by atoms with Crippen LogP contribution in [0.5, 0.6) is 5.75 Å². The Morgan fingerprint density at radius 2 is 2.00 bits per heavy atom. The highest BCUT2D eigenvalue weighted by atomic mass is 35.5. The van der Waals surface area contributed by atoms with Gasteiger partial charge in [-0.25, -0.2) is 4.68 Å². The van der Waals surface area contributed by atoms with Gasteiger partial charge in [-0.15, -0.1) is 5.10 Å². The molecule has 5 nitrogen and oxygen atoms in total. The summed E-state index contributed by atoms with van der Waals surface area (Å²) in [7, 11) is 0. The first-order chi connectivity index (χ1) is 10.2. The van der Waals surface area contributed by atoms with Crippen LogP contribution in [-0.4, -0.2) is 33.3 Å². The van der Waals surface area contributed by atoms with E-state index < -0.39 is 0 Å². The summed E-state index contributed by atoms with van der Waals surface area (Å²) < 4.78 is 7.52. The normalized spacial score (nSPS) is 10.8. The van der Waals surface area contributed by atoms with Gasteiger partial charge in [0.05, 0.1) is 18.0 Å². The average molecular weight is 310 g/mol. The molecule has 0 unspecified atom stereocenters.